The van der Waals surface area contributed by atoms with Crippen molar-refractivity contribution in [3.8, 4) is 0 Å². The summed E-state index contributed by atoms with van der Waals surface area (Å²) in [6, 6.07) is 9.46. The Morgan fingerprint density at radius 3 is 2.26 bits per heavy atom. The number of rotatable bonds is 12. The number of amides is 2. The maximum atomic E-state index is 12.7. The van der Waals surface area contributed by atoms with Crippen LogP contribution in [0.2, 0.25) is 0 Å². The van der Waals surface area contributed by atoms with Crippen molar-refractivity contribution < 1.29 is 9.59 Å². The van der Waals surface area contributed by atoms with E-state index in [1.807, 2.05) is 4.90 Å². The van der Waals surface area contributed by atoms with E-state index in [-0.39, 0.29) is 17.7 Å². The minimum absolute atomic E-state index is 0.152. The highest BCUT2D eigenvalue weighted by molar-refractivity contribution is 5.79. The van der Waals surface area contributed by atoms with Crippen LogP contribution in [-0.2, 0) is 9.59 Å². The summed E-state index contributed by atoms with van der Waals surface area (Å²) in [6.07, 6.45) is 11.0. The van der Waals surface area contributed by atoms with Crippen LogP contribution in [-0.4, -0.2) is 48.9 Å². The van der Waals surface area contributed by atoms with E-state index in [0.717, 1.165) is 51.4 Å². The number of hydrogen-bond acceptors (Lipinski definition) is 4. The molecule has 1 atom stereocenters. The van der Waals surface area contributed by atoms with Crippen LogP contribution in [0.5, 0.6) is 0 Å². The minimum Gasteiger partial charge on any atom is -0.385 e. The van der Waals surface area contributed by atoms with Crippen molar-refractivity contribution in [3.05, 3.63) is 24.3 Å². The molecule has 6 nitrogen and oxygen atoms in total. The van der Waals surface area contributed by atoms with Gasteiger partial charge in [-0.2, -0.15) is 0 Å². The Hall–Kier alpha value is -2.24. The summed E-state index contributed by atoms with van der Waals surface area (Å²) in [5, 5.41) is 3.66. The molecule has 1 saturated carbocycles. The molecule has 2 aliphatic rings. The fourth-order valence-electron chi connectivity index (χ4n) is 5.41. The number of nitrogens with two attached hydrogens (primary N) is 1. The first-order valence-electron chi connectivity index (χ1n) is 14.0. The van der Waals surface area contributed by atoms with Gasteiger partial charge in [0, 0.05) is 55.9 Å². The SMILES string of the molecule is CC(C)CCN(c1ccc(NCC2CCCCC2)cc1)C1CCN(C(=O)CCC(C)C(N)=O)CC1. The molecule has 0 radical (unpaired) electrons. The molecule has 1 saturated heterocycles. The molecule has 1 aliphatic heterocycles. The zero-order chi connectivity index (χ0) is 25.2. The van der Waals surface area contributed by atoms with Gasteiger partial charge in [0.25, 0.3) is 0 Å². The van der Waals surface area contributed by atoms with Gasteiger partial charge in [0.2, 0.25) is 11.8 Å². The Bertz CT molecular complexity index is 780. The van der Waals surface area contributed by atoms with E-state index < -0.39 is 0 Å². The van der Waals surface area contributed by atoms with Crippen molar-refractivity contribution in [1.29, 1.82) is 0 Å². The average Bonchev–Trinajstić information content (AvgIpc) is 2.87. The lowest BCUT2D eigenvalue weighted by Crippen LogP contribution is -2.47. The summed E-state index contributed by atoms with van der Waals surface area (Å²) >= 11 is 0. The maximum absolute atomic E-state index is 12.7. The fourth-order valence-corrected chi connectivity index (χ4v) is 5.41. The van der Waals surface area contributed by atoms with E-state index in [2.05, 4.69) is 48.3 Å². The Balaban J connectivity index is 1.54. The summed E-state index contributed by atoms with van der Waals surface area (Å²) in [5.74, 6) is 1.05. The van der Waals surface area contributed by atoms with Crippen LogP contribution in [0, 0.1) is 17.8 Å². The number of nitrogens with one attached hydrogen (secondary N) is 1. The van der Waals surface area contributed by atoms with E-state index in [1.54, 1.807) is 6.92 Å². The molecule has 0 aromatic heterocycles. The molecule has 1 unspecified atom stereocenters. The van der Waals surface area contributed by atoms with Crippen molar-refractivity contribution in [2.45, 2.75) is 91.0 Å². The molecule has 2 fully saturated rings. The third-order valence-corrected chi connectivity index (χ3v) is 8.00. The van der Waals surface area contributed by atoms with Gasteiger partial charge in [0.05, 0.1) is 0 Å². The molecular formula is C29H48N4O2. The molecule has 1 aromatic rings. The van der Waals surface area contributed by atoms with Gasteiger partial charge in [-0.25, -0.2) is 0 Å². The highest BCUT2D eigenvalue weighted by atomic mass is 16.2. The fraction of sp³-hybridized carbons (Fsp3) is 0.724. The lowest BCUT2D eigenvalue weighted by Gasteiger charge is -2.40. The van der Waals surface area contributed by atoms with Crippen LogP contribution < -0.4 is 16.0 Å². The lowest BCUT2D eigenvalue weighted by atomic mass is 9.89. The van der Waals surface area contributed by atoms with Crippen LogP contribution in [0.4, 0.5) is 11.4 Å². The van der Waals surface area contributed by atoms with Gasteiger partial charge < -0.3 is 20.9 Å². The molecule has 0 spiro atoms. The van der Waals surface area contributed by atoms with E-state index in [1.165, 1.54) is 43.5 Å². The topological polar surface area (TPSA) is 78.7 Å². The van der Waals surface area contributed by atoms with E-state index >= 15 is 0 Å². The second kappa shape index (κ2) is 13.7. The van der Waals surface area contributed by atoms with Crippen molar-refractivity contribution in [2.75, 3.05) is 36.4 Å². The Morgan fingerprint density at radius 1 is 1.00 bits per heavy atom. The molecule has 2 amide bonds. The number of piperidine rings is 1. The molecule has 196 valence electrons. The second-order valence-corrected chi connectivity index (χ2v) is 11.3. The van der Waals surface area contributed by atoms with Crippen molar-refractivity contribution in [2.24, 2.45) is 23.5 Å². The molecule has 1 heterocycles. The number of likely N-dealkylation sites (tertiary alicyclic amines) is 1. The Morgan fingerprint density at radius 2 is 1.66 bits per heavy atom. The monoisotopic (exact) mass is 484 g/mol. The molecule has 1 aliphatic carbocycles. The molecule has 0 bridgehead atoms. The molecular weight excluding hydrogens is 436 g/mol. The smallest absolute Gasteiger partial charge is 0.222 e. The first-order chi connectivity index (χ1) is 16.8. The minimum atomic E-state index is -0.326. The molecule has 35 heavy (non-hydrogen) atoms. The standard InChI is InChI=1S/C29H48N4O2/c1-22(2)15-20-33(26-12-10-25(11-13-26)31-21-24-7-5-4-6-8-24)27-16-18-32(19-17-27)28(34)14-9-23(3)29(30)35/h10-13,22-24,27,31H,4-9,14-21H2,1-3H3,(H2,30,35). The van der Waals surface area contributed by atoms with E-state index in [4.69, 9.17) is 5.73 Å². The van der Waals surface area contributed by atoms with E-state index in [0.29, 0.717) is 24.8 Å². The van der Waals surface area contributed by atoms with Crippen LogP contribution in [0.25, 0.3) is 0 Å². The van der Waals surface area contributed by atoms with Gasteiger partial charge in [0.1, 0.15) is 0 Å². The summed E-state index contributed by atoms with van der Waals surface area (Å²) in [5.41, 5.74) is 7.85. The molecule has 1 aromatic carbocycles. The van der Waals surface area contributed by atoms with Crippen LogP contribution >= 0.6 is 0 Å². The quantitative estimate of drug-likeness (QED) is 0.415. The zero-order valence-electron chi connectivity index (χ0n) is 22.3. The van der Waals surface area contributed by atoms with Crippen LogP contribution in [0.3, 0.4) is 0 Å². The van der Waals surface area contributed by atoms with E-state index in [9.17, 15) is 9.59 Å². The second-order valence-electron chi connectivity index (χ2n) is 11.3. The van der Waals surface area contributed by atoms with Gasteiger partial charge in [-0.05, 0) is 74.6 Å². The summed E-state index contributed by atoms with van der Waals surface area (Å²) in [6.45, 7) is 10.1. The van der Waals surface area contributed by atoms with Gasteiger partial charge in [-0.3, -0.25) is 9.59 Å². The number of benzene rings is 1. The van der Waals surface area contributed by atoms with Gasteiger partial charge in [-0.1, -0.05) is 40.0 Å². The number of carbonyl (C=O) groups is 2. The molecule has 3 N–H and O–H groups in total. The first-order valence-corrected chi connectivity index (χ1v) is 14.0. The number of carbonyl (C=O) groups excluding carboxylic acids is 2. The largest absolute Gasteiger partial charge is 0.385 e. The van der Waals surface area contributed by atoms with Crippen molar-refractivity contribution >= 4 is 23.2 Å². The number of nitrogens with zero attached hydrogens (tertiary/aromatic N) is 2. The highest BCUT2D eigenvalue weighted by Crippen LogP contribution is 2.28. The van der Waals surface area contributed by atoms with Gasteiger partial charge in [-0.15, -0.1) is 0 Å². The third-order valence-electron chi connectivity index (χ3n) is 8.00. The van der Waals surface area contributed by atoms with Crippen LogP contribution in [0.15, 0.2) is 24.3 Å². The van der Waals surface area contributed by atoms with Gasteiger partial charge >= 0.3 is 0 Å². The van der Waals surface area contributed by atoms with Crippen molar-refractivity contribution in [3.63, 3.8) is 0 Å². The Labute approximate surface area is 213 Å². The Kier molecular flexibility index (Phi) is 10.7. The van der Waals surface area contributed by atoms with Gasteiger partial charge in [0.15, 0.2) is 0 Å². The normalized spacial score (nSPS) is 18.5. The zero-order valence-corrected chi connectivity index (χ0v) is 22.3. The molecule has 3 rings (SSSR count). The number of anilines is 2. The summed E-state index contributed by atoms with van der Waals surface area (Å²) in [4.78, 5) is 28.5. The summed E-state index contributed by atoms with van der Waals surface area (Å²) in [7, 11) is 0. The molecule has 6 heteroatoms. The lowest BCUT2D eigenvalue weighted by molar-refractivity contribution is -0.132. The maximum Gasteiger partial charge on any atom is 0.222 e. The highest BCUT2D eigenvalue weighted by Gasteiger charge is 2.27. The van der Waals surface area contributed by atoms with Crippen molar-refractivity contribution in [1.82, 2.24) is 4.90 Å². The number of primary amides is 1. The van der Waals surface area contributed by atoms with Crippen LogP contribution in [0.1, 0.15) is 85.0 Å². The predicted molar refractivity (Wildman–Crippen MR) is 146 cm³/mol. The first kappa shape index (κ1) is 27.3. The average molecular weight is 485 g/mol. The predicted octanol–water partition coefficient (Wildman–Crippen LogP) is 5.42. The third kappa shape index (κ3) is 8.73. The number of hydrogen-bond donors (Lipinski definition) is 2. The summed E-state index contributed by atoms with van der Waals surface area (Å²) < 4.78 is 0.